The van der Waals surface area contributed by atoms with E-state index in [0.29, 0.717) is 18.7 Å². The van der Waals surface area contributed by atoms with Gasteiger partial charge in [0.2, 0.25) is 0 Å². The number of aliphatic carboxylic acids is 1. The lowest BCUT2D eigenvalue weighted by molar-refractivity contribution is -0.141. The van der Waals surface area contributed by atoms with Crippen LogP contribution in [0.1, 0.15) is 12.0 Å². The van der Waals surface area contributed by atoms with Crippen molar-refractivity contribution < 1.29 is 14.7 Å². The minimum absolute atomic E-state index is 0.255. The van der Waals surface area contributed by atoms with Crippen molar-refractivity contribution in [2.24, 2.45) is 5.92 Å². The highest BCUT2D eigenvalue weighted by Crippen LogP contribution is 2.26. The maximum absolute atomic E-state index is 12.3. The van der Waals surface area contributed by atoms with Gasteiger partial charge in [0.25, 0.3) is 0 Å². The summed E-state index contributed by atoms with van der Waals surface area (Å²) in [4.78, 5) is 28.8. The summed E-state index contributed by atoms with van der Waals surface area (Å²) in [5.41, 5.74) is 3.91. The minimum atomic E-state index is -0.845. The first-order valence-electron chi connectivity index (χ1n) is 7.84. The second-order valence-electron chi connectivity index (χ2n) is 5.97. The predicted molar refractivity (Wildman–Crippen MR) is 90.7 cm³/mol. The smallest absolute Gasteiger partial charge is 0.321 e. The summed E-state index contributed by atoms with van der Waals surface area (Å²) in [6.45, 7) is 2.72. The third-order valence-electron chi connectivity index (χ3n) is 4.29. The van der Waals surface area contributed by atoms with Crippen LogP contribution in [0.4, 0.5) is 10.5 Å². The summed E-state index contributed by atoms with van der Waals surface area (Å²) < 4.78 is 0. The number of anilines is 1. The average molecular weight is 325 g/mol. The van der Waals surface area contributed by atoms with Gasteiger partial charge in [-0.2, -0.15) is 0 Å². The zero-order chi connectivity index (χ0) is 17.1. The molecule has 24 heavy (non-hydrogen) atoms. The number of hydrogen-bond donors (Lipinski definition) is 2. The Balaban J connectivity index is 1.69. The Morgan fingerprint density at radius 1 is 1.25 bits per heavy atom. The zero-order valence-corrected chi connectivity index (χ0v) is 13.4. The van der Waals surface area contributed by atoms with Crippen molar-refractivity contribution in [3.63, 3.8) is 0 Å². The first-order valence-corrected chi connectivity index (χ1v) is 7.84. The van der Waals surface area contributed by atoms with Crippen LogP contribution in [0.2, 0.25) is 0 Å². The maximum Gasteiger partial charge on any atom is 0.321 e. The van der Waals surface area contributed by atoms with Crippen molar-refractivity contribution in [1.29, 1.82) is 0 Å². The number of aryl methyl sites for hydroxylation is 1. The van der Waals surface area contributed by atoms with Crippen LogP contribution >= 0.6 is 0 Å². The Hall–Kier alpha value is -2.89. The van der Waals surface area contributed by atoms with Gasteiger partial charge in [-0.05, 0) is 54.3 Å². The quantitative estimate of drug-likeness (QED) is 0.909. The van der Waals surface area contributed by atoms with Crippen molar-refractivity contribution in [3.05, 3.63) is 48.3 Å². The molecule has 2 amide bonds. The van der Waals surface area contributed by atoms with Gasteiger partial charge in [0.15, 0.2) is 0 Å². The van der Waals surface area contributed by atoms with E-state index >= 15 is 0 Å². The number of amides is 2. The van der Waals surface area contributed by atoms with Crippen LogP contribution in [0.5, 0.6) is 0 Å². The SMILES string of the molecule is Cc1cc(NC(=O)N2CCC(C(=O)O)C2)ccc1-c1ccncc1. The molecule has 0 bridgehead atoms. The van der Waals surface area contributed by atoms with Gasteiger partial charge in [0.05, 0.1) is 5.92 Å². The van der Waals surface area contributed by atoms with Crippen LogP contribution in [0, 0.1) is 12.8 Å². The van der Waals surface area contributed by atoms with Crippen LogP contribution in [-0.4, -0.2) is 40.1 Å². The van der Waals surface area contributed by atoms with Crippen LogP contribution in [-0.2, 0) is 4.79 Å². The number of urea groups is 1. The average Bonchev–Trinajstić information content (AvgIpc) is 3.06. The molecule has 1 fully saturated rings. The van der Waals surface area contributed by atoms with E-state index in [9.17, 15) is 9.59 Å². The maximum atomic E-state index is 12.3. The fourth-order valence-electron chi connectivity index (χ4n) is 2.95. The number of nitrogens with one attached hydrogen (secondary N) is 1. The standard InChI is InChI=1S/C18H19N3O3/c1-12-10-15(2-3-16(12)13-4-7-19-8-5-13)20-18(24)21-9-6-14(11-21)17(22)23/h2-5,7-8,10,14H,6,9,11H2,1H3,(H,20,24)(H,22,23). The van der Waals surface area contributed by atoms with Gasteiger partial charge in [0, 0.05) is 31.2 Å². The van der Waals surface area contributed by atoms with Gasteiger partial charge < -0.3 is 15.3 Å². The molecule has 0 saturated carbocycles. The molecule has 6 nitrogen and oxygen atoms in total. The van der Waals surface area contributed by atoms with Crippen LogP contribution < -0.4 is 5.32 Å². The van der Waals surface area contributed by atoms with Gasteiger partial charge in [-0.3, -0.25) is 9.78 Å². The topological polar surface area (TPSA) is 82.5 Å². The zero-order valence-electron chi connectivity index (χ0n) is 13.4. The lowest BCUT2D eigenvalue weighted by atomic mass is 10.0. The number of carboxylic acids is 1. The molecule has 2 heterocycles. The normalized spacial score (nSPS) is 16.9. The summed E-state index contributed by atoms with van der Waals surface area (Å²) in [6, 6.07) is 9.36. The molecule has 0 radical (unpaired) electrons. The number of rotatable bonds is 3. The number of pyridine rings is 1. The van der Waals surface area contributed by atoms with Crippen molar-refractivity contribution in [3.8, 4) is 11.1 Å². The van der Waals surface area contributed by atoms with Crippen LogP contribution in [0.25, 0.3) is 11.1 Å². The van der Waals surface area contributed by atoms with E-state index in [1.165, 1.54) is 0 Å². The second kappa shape index (κ2) is 6.70. The summed E-state index contributed by atoms with van der Waals surface area (Å²) >= 11 is 0. The van der Waals surface area contributed by atoms with Crippen molar-refractivity contribution in [2.75, 3.05) is 18.4 Å². The third-order valence-corrected chi connectivity index (χ3v) is 4.29. The molecule has 1 saturated heterocycles. The number of carbonyl (C=O) groups is 2. The number of likely N-dealkylation sites (tertiary alicyclic amines) is 1. The lowest BCUT2D eigenvalue weighted by Crippen LogP contribution is -2.33. The molecule has 1 unspecified atom stereocenters. The van der Waals surface area contributed by atoms with Gasteiger partial charge in [-0.25, -0.2) is 4.79 Å². The highest BCUT2D eigenvalue weighted by molar-refractivity contribution is 5.90. The summed E-state index contributed by atoms with van der Waals surface area (Å²) in [7, 11) is 0. The Bertz CT molecular complexity index is 761. The molecule has 0 spiro atoms. The third kappa shape index (κ3) is 3.37. The number of nitrogens with zero attached hydrogens (tertiary/aromatic N) is 2. The Morgan fingerprint density at radius 2 is 2.00 bits per heavy atom. The highest BCUT2D eigenvalue weighted by atomic mass is 16.4. The molecular weight excluding hydrogens is 306 g/mol. The molecule has 3 rings (SSSR count). The molecule has 124 valence electrons. The fourth-order valence-corrected chi connectivity index (χ4v) is 2.95. The number of carboxylic acid groups (broad SMARTS) is 1. The van der Waals surface area contributed by atoms with E-state index in [-0.39, 0.29) is 12.6 Å². The van der Waals surface area contributed by atoms with Crippen molar-refractivity contribution in [2.45, 2.75) is 13.3 Å². The molecule has 1 aliphatic rings. The Kier molecular flexibility index (Phi) is 4.46. The van der Waals surface area contributed by atoms with E-state index < -0.39 is 11.9 Å². The summed E-state index contributed by atoms with van der Waals surface area (Å²) in [5.74, 6) is -1.31. The lowest BCUT2D eigenvalue weighted by Gasteiger charge is -2.17. The Morgan fingerprint density at radius 3 is 2.62 bits per heavy atom. The van der Waals surface area contributed by atoms with Crippen LogP contribution in [0.3, 0.4) is 0 Å². The van der Waals surface area contributed by atoms with Crippen LogP contribution in [0.15, 0.2) is 42.7 Å². The molecule has 6 heteroatoms. The van der Waals surface area contributed by atoms with E-state index in [0.717, 1.165) is 16.7 Å². The number of benzene rings is 1. The number of carbonyl (C=O) groups excluding carboxylic acids is 1. The monoisotopic (exact) mass is 325 g/mol. The molecule has 1 aromatic heterocycles. The minimum Gasteiger partial charge on any atom is -0.481 e. The molecule has 1 aromatic carbocycles. The van der Waals surface area contributed by atoms with Gasteiger partial charge >= 0.3 is 12.0 Å². The molecular formula is C18H19N3O3. The van der Waals surface area contributed by atoms with E-state index in [4.69, 9.17) is 5.11 Å². The van der Waals surface area contributed by atoms with Crippen molar-refractivity contribution in [1.82, 2.24) is 9.88 Å². The fraction of sp³-hybridized carbons (Fsp3) is 0.278. The first-order chi connectivity index (χ1) is 11.5. The van der Waals surface area contributed by atoms with E-state index in [2.05, 4.69) is 10.3 Å². The number of hydrogen-bond acceptors (Lipinski definition) is 3. The number of aromatic nitrogens is 1. The summed E-state index contributed by atoms with van der Waals surface area (Å²) in [5, 5.41) is 11.9. The predicted octanol–water partition coefficient (Wildman–Crippen LogP) is 3.00. The van der Waals surface area contributed by atoms with Crippen molar-refractivity contribution >= 4 is 17.7 Å². The molecule has 0 aliphatic carbocycles. The summed E-state index contributed by atoms with van der Waals surface area (Å²) in [6.07, 6.45) is 4.00. The molecule has 2 N–H and O–H groups in total. The molecule has 1 aliphatic heterocycles. The second-order valence-corrected chi connectivity index (χ2v) is 5.97. The van der Waals surface area contributed by atoms with Gasteiger partial charge in [-0.1, -0.05) is 6.07 Å². The first kappa shape index (κ1) is 16.0. The van der Waals surface area contributed by atoms with Gasteiger partial charge in [0.1, 0.15) is 0 Å². The van der Waals surface area contributed by atoms with E-state index in [1.807, 2.05) is 37.3 Å². The van der Waals surface area contributed by atoms with Gasteiger partial charge in [-0.15, -0.1) is 0 Å². The molecule has 1 atom stereocenters. The van der Waals surface area contributed by atoms with E-state index in [1.54, 1.807) is 17.3 Å². The largest absolute Gasteiger partial charge is 0.481 e. The molecule has 2 aromatic rings. The highest BCUT2D eigenvalue weighted by Gasteiger charge is 2.30. The Labute approximate surface area is 140 Å².